The Hall–Kier alpha value is -2.66. The first kappa shape index (κ1) is 19.6. The summed E-state index contributed by atoms with van der Waals surface area (Å²) in [6.45, 7) is 4.31. The van der Waals surface area contributed by atoms with Gasteiger partial charge in [-0.25, -0.2) is 0 Å². The van der Waals surface area contributed by atoms with Crippen LogP contribution in [0.5, 0.6) is 0 Å². The van der Waals surface area contributed by atoms with Crippen LogP contribution in [0.1, 0.15) is 49.6 Å². The van der Waals surface area contributed by atoms with E-state index in [4.69, 9.17) is 16.0 Å². The molecule has 0 fully saturated rings. The third kappa shape index (κ3) is 4.06. The van der Waals surface area contributed by atoms with Crippen LogP contribution < -0.4 is 0 Å². The number of rotatable bonds is 5. The molecule has 0 spiro atoms. The van der Waals surface area contributed by atoms with E-state index in [1.54, 1.807) is 6.07 Å². The minimum Gasteiger partial charge on any atom is -0.419 e. The zero-order chi connectivity index (χ0) is 20.4. The molecule has 1 aliphatic carbocycles. The maximum Gasteiger partial charge on any atom is 0.249 e. The van der Waals surface area contributed by atoms with E-state index >= 15 is 0 Å². The van der Waals surface area contributed by atoms with E-state index < -0.39 is 0 Å². The van der Waals surface area contributed by atoms with Gasteiger partial charge in [-0.15, -0.1) is 10.2 Å². The molecule has 1 aliphatic rings. The number of benzene rings is 2. The van der Waals surface area contributed by atoms with E-state index in [1.807, 2.05) is 49.1 Å². The zero-order valence-electron chi connectivity index (χ0n) is 16.6. The lowest BCUT2D eigenvalue weighted by molar-refractivity contribution is -0.136. The highest BCUT2D eigenvalue weighted by molar-refractivity contribution is 6.33. The maximum absolute atomic E-state index is 13.5. The lowest BCUT2D eigenvalue weighted by Gasteiger charge is -2.32. The highest BCUT2D eigenvalue weighted by Gasteiger charge is 2.32. The minimum absolute atomic E-state index is 0.0206. The number of fused-ring (bicyclic) bond motifs is 1. The van der Waals surface area contributed by atoms with Crippen molar-refractivity contribution in [3.05, 3.63) is 70.6 Å². The summed E-state index contributed by atoms with van der Waals surface area (Å²) in [5.41, 5.74) is 3.12. The highest BCUT2D eigenvalue weighted by Crippen LogP contribution is 2.34. The number of amides is 1. The van der Waals surface area contributed by atoms with Crippen molar-refractivity contribution < 1.29 is 9.21 Å². The fourth-order valence-electron chi connectivity index (χ4n) is 3.93. The van der Waals surface area contributed by atoms with Crippen LogP contribution in [0.3, 0.4) is 0 Å². The van der Waals surface area contributed by atoms with E-state index in [0.717, 1.165) is 24.8 Å². The van der Waals surface area contributed by atoms with Gasteiger partial charge in [0.05, 0.1) is 23.0 Å². The van der Waals surface area contributed by atoms with E-state index in [1.165, 1.54) is 5.56 Å². The molecule has 0 N–H and O–H groups in total. The molecule has 0 saturated carbocycles. The van der Waals surface area contributed by atoms with Crippen molar-refractivity contribution in [3.63, 3.8) is 0 Å². The van der Waals surface area contributed by atoms with Gasteiger partial charge in [-0.3, -0.25) is 4.79 Å². The van der Waals surface area contributed by atoms with Crippen molar-refractivity contribution in [3.8, 4) is 11.5 Å². The first-order chi connectivity index (χ1) is 14.0. The average molecular weight is 410 g/mol. The first-order valence-electron chi connectivity index (χ1n) is 10.00. The van der Waals surface area contributed by atoms with Crippen LogP contribution in [0.2, 0.25) is 5.02 Å². The highest BCUT2D eigenvalue weighted by atomic mass is 35.5. The predicted molar refractivity (Wildman–Crippen MR) is 113 cm³/mol. The molecule has 2 aromatic carbocycles. The molecule has 1 aromatic heterocycles. The molecule has 1 atom stereocenters. The second kappa shape index (κ2) is 8.37. The molecule has 5 nitrogen and oxygen atoms in total. The third-order valence-corrected chi connectivity index (χ3v) is 5.78. The molecule has 0 bridgehead atoms. The Morgan fingerprint density at radius 3 is 2.72 bits per heavy atom. The Morgan fingerprint density at radius 2 is 1.93 bits per heavy atom. The van der Waals surface area contributed by atoms with Crippen LogP contribution in [0.25, 0.3) is 11.5 Å². The summed E-state index contributed by atoms with van der Waals surface area (Å²) in [6, 6.07) is 15.6. The van der Waals surface area contributed by atoms with Gasteiger partial charge in [-0.1, -0.05) is 48.0 Å². The Kier molecular flexibility index (Phi) is 5.67. The smallest absolute Gasteiger partial charge is 0.249 e. The topological polar surface area (TPSA) is 59.2 Å². The summed E-state index contributed by atoms with van der Waals surface area (Å²) in [5.74, 6) is 0.772. The molecule has 0 radical (unpaired) electrons. The molecular formula is C23H24ClN3O2. The van der Waals surface area contributed by atoms with Gasteiger partial charge >= 0.3 is 0 Å². The van der Waals surface area contributed by atoms with Crippen LogP contribution in [-0.4, -0.2) is 27.0 Å². The lowest BCUT2D eigenvalue weighted by Crippen LogP contribution is -2.40. The van der Waals surface area contributed by atoms with E-state index in [2.05, 4.69) is 22.3 Å². The number of hydrogen-bond donors (Lipinski definition) is 0. The molecule has 1 amide bonds. The monoisotopic (exact) mass is 409 g/mol. The second-order valence-electron chi connectivity index (χ2n) is 7.68. The van der Waals surface area contributed by atoms with Crippen molar-refractivity contribution in [2.75, 3.05) is 0 Å². The normalized spacial score (nSPS) is 15.9. The molecule has 1 unspecified atom stereocenters. The Labute approximate surface area is 175 Å². The molecule has 1 heterocycles. The van der Waals surface area contributed by atoms with E-state index in [-0.39, 0.29) is 24.4 Å². The van der Waals surface area contributed by atoms with Crippen LogP contribution in [0.4, 0.5) is 0 Å². The van der Waals surface area contributed by atoms with Gasteiger partial charge in [0, 0.05) is 6.04 Å². The van der Waals surface area contributed by atoms with Gasteiger partial charge in [0.25, 0.3) is 0 Å². The maximum atomic E-state index is 13.5. The summed E-state index contributed by atoms with van der Waals surface area (Å²) >= 11 is 6.23. The fraction of sp³-hybridized carbons (Fsp3) is 0.348. The summed E-state index contributed by atoms with van der Waals surface area (Å²) in [7, 11) is 0. The fourth-order valence-corrected chi connectivity index (χ4v) is 4.15. The molecule has 0 aliphatic heterocycles. The van der Waals surface area contributed by atoms with E-state index in [9.17, 15) is 4.79 Å². The summed E-state index contributed by atoms with van der Waals surface area (Å²) in [6.07, 6.45) is 2.93. The van der Waals surface area contributed by atoms with Crippen molar-refractivity contribution in [2.45, 2.75) is 51.6 Å². The Balaban J connectivity index is 1.57. The summed E-state index contributed by atoms with van der Waals surface area (Å²) in [5, 5.41) is 8.84. The standard InChI is InChI=1S/C23H24ClN3O2/c1-15(2)27(23(28)18-12-7-9-16-8-3-4-10-17(16)18)14-21-25-26-22(29-21)19-11-5-6-13-20(19)24/h3-6,8,10-11,13,15,18H,7,9,12,14H2,1-2H3. The number of halogens is 1. The number of carbonyl (C=O) groups excluding carboxylic acids is 1. The number of aryl methyl sites for hydroxylation is 1. The van der Waals surface area contributed by atoms with Crippen molar-refractivity contribution in [1.82, 2.24) is 15.1 Å². The van der Waals surface area contributed by atoms with Crippen molar-refractivity contribution >= 4 is 17.5 Å². The van der Waals surface area contributed by atoms with Gasteiger partial charge in [0.15, 0.2) is 0 Å². The zero-order valence-corrected chi connectivity index (χ0v) is 17.4. The number of hydrogen-bond acceptors (Lipinski definition) is 4. The van der Waals surface area contributed by atoms with Crippen molar-refractivity contribution in [2.24, 2.45) is 0 Å². The van der Waals surface area contributed by atoms with Gasteiger partial charge in [-0.2, -0.15) is 0 Å². The molecule has 29 heavy (non-hydrogen) atoms. The van der Waals surface area contributed by atoms with Crippen LogP contribution >= 0.6 is 11.6 Å². The van der Waals surface area contributed by atoms with E-state index in [0.29, 0.717) is 22.4 Å². The predicted octanol–water partition coefficient (Wildman–Crippen LogP) is 5.25. The first-order valence-corrected chi connectivity index (χ1v) is 10.4. The van der Waals surface area contributed by atoms with Gasteiger partial charge < -0.3 is 9.32 Å². The molecule has 0 saturated heterocycles. The minimum atomic E-state index is -0.117. The van der Waals surface area contributed by atoms with Crippen LogP contribution in [0.15, 0.2) is 52.9 Å². The lowest BCUT2D eigenvalue weighted by atomic mass is 9.82. The Morgan fingerprint density at radius 1 is 1.17 bits per heavy atom. The number of aromatic nitrogens is 2. The Bertz CT molecular complexity index is 1010. The van der Waals surface area contributed by atoms with Gasteiger partial charge in [0.1, 0.15) is 0 Å². The number of carbonyl (C=O) groups is 1. The molecule has 4 rings (SSSR count). The molecule has 150 valence electrons. The quantitative estimate of drug-likeness (QED) is 0.577. The molecular weight excluding hydrogens is 386 g/mol. The molecule has 3 aromatic rings. The third-order valence-electron chi connectivity index (χ3n) is 5.45. The van der Waals surface area contributed by atoms with Gasteiger partial charge in [-0.05, 0) is 56.4 Å². The summed E-state index contributed by atoms with van der Waals surface area (Å²) < 4.78 is 5.84. The average Bonchev–Trinajstić information content (AvgIpc) is 3.19. The largest absolute Gasteiger partial charge is 0.419 e. The van der Waals surface area contributed by atoms with Gasteiger partial charge in [0.2, 0.25) is 17.7 Å². The second-order valence-corrected chi connectivity index (χ2v) is 8.09. The van der Waals surface area contributed by atoms with Crippen LogP contribution in [-0.2, 0) is 17.8 Å². The SMILES string of the molecule is CC(C)N(Cc1nnc(-c2ccccc2Cl)o1)C(=O)C1CCCc2ccccc21. The number of nitrogens with zero attached hydrogens (tertiary/aromatic N) is 3. The van der Waals surface area contributed by atoms with Crippen LogP contribution in [0, 0.1) is 0 Å². The summed E-state index contributed by atoms with van der Waals surface area (Å²) in [4.78, 5) is 15.3. The molecule has 6 heteroatoms. The van der Waals surface area contributed by atoms with Crippen molar-refractivity contribution in [1.29, 1.82) is 0 Å².